The molecule has 0 spiro atoms. The van der Waals surface area contributed by atoms with Crippen molar-refractivity contribution in [2.75, 3.05) is 13.2 Å². The van der Waals surface area contributed by atoms with Crippen molar-refractivity contribution in [3.63, 3.8) is 0 Å². The molecule has 0 aromatic rings. The standard InChI is InChI=1S/C11H20O3/c1-4-5-6-13-8-9-7-11(2,3)10(12)14-9/h9H,4-8H2,1-3H3. The van der Waals surface area contributed by atoms with Crippen molar-refractivity contribution >= 4 is 5.97 Å². The van der Waals surface area contributed by atoms with Gasteiger partial charge in [-0.1, -0.05) is 13.3 Å². The number of unbranched alkanes of at least 4 members (excludes halogenated alkanes) is 1. The zero-order valence-corrected chi connectivity index (χ0v) is 9.34. The predicted molar refractivity (Wildman–Crippen MR) is 54.0 cm³/mol. The van der Waals surface area contributed by atoms with Crippen LogP contribution >= 0.6 is 0 Å². The highest BCUT2D eigenvalue weighted by molar-refractivity contribution is 5.78. The van der Waals surface area contributed by atoms with Gasteiger partial charge in [-0.3, -0.25) is 4.79 Å². The van der Waals surface area contributed by atoms with E-state index < -0.39 is 0 Å². The molecule has 0 amide bonds. The number of cyclic esters (lactones) is 1. The molecule has 0 N–H and O–H groups in total. The molecule has 82 valence electrons. The van der Waals surface area contributed by atoms with Gasteiger partial charge in [-0.15, -0.1) is 0 Å². The second-order valence-electron chi connectivity index (χ2n) is 4.54. The van der Waals surface area contributed by atoms with Crippen LogP contribution in [-0.2, 0) is 14.3 Å². The summed E-state index contributed by atoms with van der Waals surface area (Å²) < 4.78 is 10.6. The van der Waals surface area contributed by atoms with E-state index in [1.54, 1.807) is 0 Å². The molecule has 1 heterocycles. The Morgan fingerprint density at radius 2 is 2.29 bits per heavy atom. The minimum atomic E-state index is -0.321. The van der Waals surface area contributed by atoms with Gasteiger partial charge in [-0.05, 0) is 20.3 Å². The van der Waals surface area contributed by atoms with Crippen molar-refractivity contribution in [2.24, 2.45) is 5.41 Å². The number of ether oxygens (including phenoxy) is 2. The summed E-state index contributed by atoms with van der Waals surface area (Å²) in [7, 11) is 0. The van der Waals surface area contributed by atoms with Crippen LogP contribution < -0.4 is 0 Å². The zero-order valence-electron chi connectivity index (χ0n) is 9.34. The fraction of sp³-hybridized carbons (Fsp3) is 0.909. The molecule has 3 nitrogen and oxygen atoms in total. The maximum atomic E-state index is 11.3. The molecule has 0 radical (unpaired) electrons. The van der Waals surface area contributed by atoms with Crippen LogP contribution in [0.3, 0.4) is 0 Å². The Bertz CT molecular complexity index is 199. The van der Waals surface area contributed by atoms with E-state index in [2.05, 4.69) is 6.92 Å². The maximum absolute atomic E-state index is 11.3. The largest absolute Gasteiger partial charge is 0.459 e. The van der Waals surface area contributed by atoms with Crippen LogP contribution in [-0.4, -0.2) is 25.3 Å². The average molecular weight is 200 g/mol. The molecule has 1 fully saturated rings. The minimum absolute atomic E-state index is 0.0330. The van der Waals surface area contributed by atoms with E-state index in [-0.39, 0.29) is 17.5 Å². The average Bonchev–Trinajstić information content (AvgIpc) is 2.35. The zero-order chi connectivity index (χ0) is 10.6. The number of carbonyl (C=O) groups excluding carboxylic acids is 1. The van der Waals surface area contributed by atoms with Crippen LogP contribution in [0.4, 0.5) is 0 Å². The number of carbonyl (C=O) groups is 1. The Morgan fingerprint density at radius 1 is 1.57 bits per heavy atom. The summed E-state index contributed by atoms with van der Waals surface area (Å²) >= 11 is 0. The lowest BCUT2D eigenvalue weighted by atomic mass is 9.90. The summed E-state index contributed by atoms with van der Waals surface area (Å²) in [5, 5.41) is 0. The lowest BCUT2D eigenvalue weighted by Crippen LogP contribution is -2.17. The first kappa shape index (κ1) is 11.5. The summed E-state index contributed by atoms with van der Waals surface area (Å²) in [6.45, 7) is 7.28. The topological polar surface area (TPSA) is 35.5 Å². The maximum Gasteiger partial charge on any atom is 0.312 e. The van der Waals surface area contributed by atoms with Crippen LogP contribution in [0.5, 0.6) is 0 Å². The van der Waals surface area contributed by atoms with Gasteiger partial charge >= 0.3 is 5.97 Å². The Balaban J connectivity index is 2.19. The van der Waals surface area contributed by atoms with Crippen molar-refractivity contribution < 1.29 is 14.3 Å². The van der Waals surface area contributed by atoms with Crippen molar-refractivity contribution in [2.45, 2.75) is 46.1 Å². The van der Waals surface area contributed by atoms with E-state index in [0.717, 1.165) is 25.9 Å². The molecular weight excluding hydrogens is 180 g/mol. The minimum Gasteiger partial charge on any atom is -0.459 e. The molecule has 14 heavy (non-hydrogen) atoms. The van der Waals surface area contributed by atoms with Crippen molar-refractivity contribution in [1.29, 1.82) is 0 Å². The monoisotopic (exact) mass is 200 g/mol. The lowest BCUT2D eigenvalue weighted by molar-refractivity contribution is -0.149. The predicted octanol–water partition coefficient (Wildman–Crippen LogP) is 2.14. The third kappa shape index (κ3) is 2.98. The first-order valence-corrected chi connectivity index (χ1v) is 5.35. The van der Waals surface area contributed by atoms with E-state index in [1.165, 1.54) is 0 Å². The van der Waals surface area contributed by atoms with Crippen molar-refractivity contribution in [1.82, 2.24) is 0 Å². The summed E-state index contributed by atoms with van der Waals surface area (Å²) in [6.07, 6.45) is 2.95. The summed E-state index contributed by atoms with van der Waals surface area (Å²) in [5.74, 6) is -0.0957. The lowest BCUT2D eigenvalue weighted by Gasteiger charge is -2.10. The van der Waals surface area contributed by atoms with E-state index in [9.17, 15) is 4.79 Å². The Hall–Kier alpha value is -0.570. The first-order chi connectivity index (χ1) is 6.56. The van der Waals surface area contributed by atoms with Gasteiger partial charge in [0.25, 0.3) is 0 Å². The molecule has 0 saturated carbocycles. The van der Waals surface area contributed by atoms with Crippen molar-refractivity contribution in [3.05, 3.63) is 0 Å². The van der Waals surface area contributed by atoms with Gasteiger partial charge in [0.05, 0.1) is 12.0 Å². The first-order valence-electron chi connectivity index (χ1n) is 5.35. The SMILES string of the molecule is CCCCOCC1CC(C)(C)C(=O)O1. The highest BCUT2D eigenvalue weighted by atomic mass is 16.6. The molecule has 1 aliphatic rings. The molecule has 0 bridgehead atoms. The second kappa shape index (κ2) is 4.78. The number of esters is 1. The van der Waals surface area contributed by atoms with Crippen molar-refractivity contribution in [3.8, 4) is 0 Å². The molecule has 1 atom stereocenters. The highest BCUT2D eigenvalue weighted by Crippen LogP contribution is 2.32. The number of rotatable bonds is 5. The van der Waals surface area contributed by atoms with Gasteiger partial charge in [-0.2, -0.15) is 0 Å². The quantitative estimate of drug-likeness (QED) is 0.504. The molecule has 1 rings (SSSR count). The smallest absolute Gasteiger partial charge is 0.312 e. The summed E-state index contributed by atoms with van der Waals surface area (Å²) in [4.78, 5) is 11.3. The molecule has 1 aliphatic heterocycles. The molecule has 3 heteroatoms. The van der Waals surface area contributed by atoms with Gasteiger partial charge < -0.3 is 9.47 Å². The fourth-order valence-electron chi connectivity index (χ4n) is 1.56. The van der Waals surface area contributed by atoms with Crippen LogP contribution in [0.25, 0.3) is 0 Å². The van der Waals surface area contributed by atoms with Crippen LogP contribution in [0, 0.1) is 5.41 Å². The van der Waals surface area contributed by atoms with E-state index in [1.807, 2.05) is 13.8 Å². The van der Waals surface area contributed by atoms with Crippen LogP contribution in [0.1, 0.15) is 40.0 Å². The van der Waals surface area contributed by atoms with E-state index in [4.69, 9.17) is 9.47 Å². The van der Waals surface area contributed by atoms with Gasteiger partial charge in [0, 0.05) is 13.0 Å². The summed E-state index contributed by atoms with van der Waals surface area (Å²) in [6, 6.07) is 0. The highest BCUT2D eigenvalue weighted by Gasteiger charge is 2.41. The number of hydrogen-bond donors (Lipinski definition) is 0. The Kier molecular flexibility index (Phi) is 3.93. The molecule has 0 aliphatic carbocycles. The fourth-order valence-corrected chi connectivity index (χ4v) is 1.56. The van der Waals surface area contributed by atoms with Crippen LogP contribution in [0.15, 0.2) is 0 Å². The van der Waals surface area contributed by atoms with E-state index >= 15 is 0 Å². The third-order valence-corrected chi connectivity index (χ3v) is 2.51. The normalized spacial score (nSPS) is 25.1. The molecule has 0 aromatic carbocycles. The second-order valence-corrected chi connectivity index (χ2v) is 4.54. The summed E-state index contributed by atoms with van der Waals surface area (Å²) in [5.41, 5.74) is -0.321. The van der Waals surface area contributed by atoms with Gasteiger partial charge in [0.15, 0.2) is 0 Å². The van der Waals surface area contributed by atoms with Gasteiger partial charge in [0.2, 0.25) is 0 Å². The molecule has 1 unspecified atom stereocenters. The molecular formula is C11H20O3. The van der Waals surface area contributed by atoms with E-state index in [0.29, 0.717) is 6.61 Å². The van der Waals surface area contributed by atoms with Gasteiger partial charge in [0.1, 0.15) is 6.10 Å². The third-order valence-electron chi connectivity index (χ3n) is 2.51. The number of hydrogen-bond acceptors (Lipinski definition) is 3. The van der Waals surface area contributed by atoms with Gasteiger partial charge in [-0.25, -0.2) is 0 Å². The molecule has 0 aromatic heterocycles. The Morgan fingerprint density at radius 3 is 2.79 bits per heavy atom. The Labute approximate surface area is 85.8 Å². The molecule has 1 saturated heterocycles. The van der Waals surface area contributed by atoms with Crippen LogP contribution in [0.2, 0.25) is 0 Å².